The summed E-state index contributed by atoms with van der Waals surface area (Å²) < 4.78 is 14.4. The first-order chi connectivity index (χ1) is 5.63. The standard InChI is InChI=1S/C8H14N2O/c1-4-7(2)11-8-5-6-10(3)9-8/h5-7H,4H2,1-3H3/t7-/m0/s1/i5D. The number of ether oxygens (including phenoxy) is 1. The van der Waals surface area contributed by atoms with Crippen LogP contribution < -0.4 is 4.74 Å². The van der Waals surface area contributed by atoms with Crippen LogP contribution in [0, 0.1) is 0 Å². The van der Waals surface area contributed by atoms with Crippen LogP contribution in [0.3, 0.4) is 0 Å². The highest BCUT2D eigenvalue weighted by Gasteiger charge is 2.01. The first-order valence-corrected chi connectivity index (χ1v) is 3.80. The molecule has 0 fully saturated rings. The van der Waals surface area contributed by atoms with E-state index in [1.165, 1.54) is 0 Å². The minimum absolute atomic E-state index is 0.129. The second-order valence-corrected chi connectivity index (χ2v) is 2.59. The van der Waals surface area contributed by atoms with Crippen molar-refractivity contribution in [1.29, 1.82) is 0 Å². The van der Waals surface area contributed by atoms with Gasteiger partial charge in [-0.15, -0.1) is 5.10 Å². The van der Waals surface area contributed by atoms with Gasteiger partial charge in [-0.2, -0.15) is 0 Å². The van der Waals surface area contributed by atoms with Gasteiger partial charge in [0, 0.05) is 19.3 Å². The van der Waals surface area contributed by atoms with Crippen molar-refractivity contribution in [3.05, 3.63) is 12.2 Å². The zero-order valence-electron chi connectivity index (χ0n) is 8.16. The highest BCUT2D eigenvalue weighted by molar-refractivity contribution is 5.05. The summed E-state index contributed by atoms with van der Waals surface area (Å²) in [7, 11) is 1.78. The lowest BCUT2D eigenvalue weighted by molar-refractivity contribution is 0.207. The summed E-state index contributed by atoms with van der Waals surface area (Å²) in [6.45, 7) is 4.01. The number of hydrogen-bond acceptors (Lipinski definition) is 2. The molecule has 1 aromatic heterocycles. The summed E-state index contributed by atoms with van der Waals surface area (Å²) in [5.74, 6) is 0.423. The van der Waals surface area contributed by atoms with E-state index in [-0.39, 0.29) is 6.10 Å². The number of hydrogen-bond donors (Lipinski definition) is 0. The molecule has 0 aliphatic heterocycles. The molecule has 0 saturated heterocycles. The fourth-order valence-corrected chi connectivity index (χ4v) is 0.681. The van der Waals surface area contributed by atoms with E-state index in [4.69, 9.17) is 6.11 Å². The first kappa shape index (κ1) is 6.70. The Morgan fingerprint density at radius 1 is 1.91 bits per heavy atom. The van der Waals surface area contributed by atoms with Crippen LogP contribution in [-0.4, -0.2) is 15.9 Å². The van der Waals surface area contributed by atoms with E-state index < -0.39 is 0 Å². The summed E-state index contributed by atoms with van der Waals surface area (Å²) in [5, 5.41) is 4.01. The summed E-state index contributed by atoms with van der Waals surface area (Å²) >= 11 is 0. The molecule has 3 heteroatoms. The molecule has 0 aromatic carbocycles. The minimum Gasteiger partial charge on any atom is -0.474 e. The van der Waals surface area contributed by atoms with Gasteiger partial charge in [0.25, 0.3) is 0 Å². The van der Waals surface area contributed by atoms with Gasteiger partial charge in [0.15, 0.2) is 0 Å². The molecule has 0 saturated carbocycles. The van der Waals surface area contributed by atoms with E-state index >= 15 is 0 Å². The van der Waals surface area contributed by atoms with Crippen LogP contribution in [0.1, 0.15) is 21.6 Å². The van der Waals surface area contributed by atoms with Gasteiger partial charge in [0.2, 0.25) is 5.88 Å². The first-order valence-electron chi connectivity index (χ1n) is 4.30. The summed E-state index contributed by atoms with van der Waals surface area (Å²) in [5.41, 5.74) is 0. The predicted octanol–water partition coefficient (Wildman–Crippen LogP) is 1.60. The summed E-state index contributed by atoms with van der Waals surface area (Å²) in [4.78, 5) is 0. The van der Waals surface area contributed by atoms with Crippen molar-refractivity contribution in [3.8, 4) is 5.88 Å². The Hall–Kier alpha value is -0.990. The van der Waals surface area contributed by atoms with Crippen LogP contribution in [0.25, 0.3) is 0 Å². The Morgan fingerprint density at radius 2 is 2.64 bits per heavy atom. The number of aromatic nitrogens is 2. The Morgan fingerprint density at radius 3 is 3.09 bits per heavy atom. The molecule has 0 radical (unpaired) electrons. The van der Waals surface area contributed by atoms with E-state index in [9.17, 15) is 0 Å². The summed E-state index contributed by atoms with van der Waals surface area (Å²) in [6.07, 6.45) is 2.68. The minimum atomic E-state index is 0.129. The lowest BCUT2D eigenvalue weighted by Gasteiger charge is -2.08. The maximum atomic E-state index is 7.45. The van der Waals surface area contributed by atoms with Crippen molar-refractivity contribution in [2.75, 3.05) is 0 Å². The molecule has 0 aliphatic carbocycles. The number of rotatable bonds is 3. The van der Waals surface area contributed by atoms with Gasteiger partial charge in [0.05, 0.1) is 7.47 Å². The maximum Gasteiger partial charge on any atom is 0.232 e. The highest BCUT2D eigenvalue weighted by Crippen LogP contribution is 2.08. The summed E-state index contributed by atoms with van der Waals surface area (Å²) in [6, 6.07) is 0.345. The van der Waals surface area contributed by atoms with E-state index in [1.807, 2.05) is 13.8 Å². The van der Waals surface area contributed by atoms with Crippen LogP contribution in [0.4, 0.5) is 0 Å². The number of nitrogens with zero attached hydrogens (tertiary/aromatic N) is 2. The van der Waals surface area contributed by atoms with Gasteiger partial charge < -0.3 is 4.74 Å². The average molecular weight is 155 g/mol. The zero-order chi connectivity index (χ0) is 9.14. The fourth-order valence-electron chi connectivity index (χ4n) is 0.681. The molecule has 3 nitrogen and oxygen atoms in total. The molecular formula is C8H14N2O. The Labute approximate surface area is 68.4 Å². The predicted molar refractivity (Wildman–Crippen MR) is 43.6 cm³/mol. The zero-order valence-corrected chi connectivity index (χ0v) is 7.16. The van der Waals surface area contributed by atoms with E-state index in [2.05, 4.69) is 5.10 Å². The van der Waals surface area contributed by atoms with Crippen molar-refractivity contribution in [1.82, 2.24) is 9.78 Å². The van der Waals surface area contributed by atoms with Crippen LogP contribution >= 0.6 is 0 Å². The monoisotopic (exact) mass is 155 g/mol. The van der Waals surface area contributed by atoms with E-state index in [1.54, 1.807) is 17.9 Å². The molecule has 1 aromatic rings. The van der Waals surface area contributed by atoms with E-state index in [0.717, 1.165) is 6.42 Å². The SMILES string of the molecule is [2H]c1cn(C)nc1O[C@@H](C)CC. The van der Waals surface area contributed by atoms with Gasteiger partial charge in [-0.05, 0) is 13.3 Å². The van der Waals surface area contributed by atoms with Gasteiger partial charge in [-0.25, -0.2) is 0 Å². The molecule has 1 rings (SSSR count). The van der Waals surface area contributed by atoms with Crippen molar-refractivity contribution >= 4 is 0 Å². The second-order valence-electron chi connectivity index (χ2n) is 2.59. The van der Waals surface area contributed by atoms with Crippen molar-refractivity contribution in [3.63, 3.8) is 0 Å². The molecule has 0 amide bonds. The van der Waals surface area contributed by atoms with Gasteiger partial charge in [-0.1, -0.05) is 6.92 Å². The Kier molecular flexibility index (Phi) is 2.08. The molecule has 0 N–H and O–H groups in total. The molecule has 1 heterocycles. The quantitative estimate of drug-likeness (QED) is 0.663. The van der Waals surface area contributed by atoms with E-state index in [0.29, 0.717) is 11.9 Å². The lowest BCUT2D eigenvalue weighted by Crippen LogP contribution is -2.10. The third-order valence-electron chi connectivity index (χ3n) is 1.51. The van der Waals surface area contributed by atoms with Crippen LogP contribution in [0.2, 0.25) is 0 Å². The van der Waals surface area contributed by atoms with Crippen LogP contribution in [0.5, 0.6) is 5.88 Å². The van der Waals surface area contributed by atoms with Crippen molar-refractivity contribution in [2.24, 2.45) is 7.05 Å². The van der Waals surface area contributed by atoms with Gasteiger partial charge >= 0.3 is 0 Å². The molecule has 62 valence electrons. The molecule has 11 heavy (non-hydrogen) atoms. The molecule has 1 atom stereocenters. The number of aryl methyl sites for hydroxylation is 1. The largest absolute Gasteiger partial charge is 0.474 e. The normalized spacial score (nSPS) is 14.3. The Balaban J connectivity index is 2.68. The highest BCUT2D eigenvalue weighted by atomic mass is 16.5. The van der Waals surface area contributed by atoms with Crippen molar-refractivity contribution < 1.29 is 6.11 Å². The molecule has 0 unspecified atom stereocenters. The maximum absolute atomic E-state index is 7.45. The van der Waals surface area contributed by atoms with Crippen LogP contribution in [0.15, 0.2) is 12.2 Å². The molecule has 0 bridgehead atoms. The van der Waals surface area contributed by atoms with Crippen LogP contribution in [-0.2, 0) is 7.05 Å². The smallest absolute Gasteiger partial charge is 0.232 e. The van der Waals surface area contributed by atoms with Crippen molar-refractivity contribution in [2.45, 2.75) is 26.4 Å². The van der Waals surface area contributed by atoms with Gasteiger partial charge in [0.1, 0.15) is 0 Å². The topological polar surface area (TPSA) is 27.1 Å². The second kappa shape index (κ2) is 3.42. The molecule has 0 aliphatic rings. The average Bonchev–Trinajstić information content (AvgIpc) is 2.30. The molecule has 0 spiro atoms. The fraction of sp³-hybridized carbons (Fsp3) is 0.625. The van der Waals surface area contributed by atoms with Gasteiger partial charge in [-0.3, -0.25) is 4.68 Å². The lowest BCUT2D eigenvalue weighted by atomic mass is 10.3. The molecular weight excluding hydrogens is 140 g/mol. The third-order valence-corrected chi connectivity index (χ3v) is 1.51. The Bertz CT molecular complexity index is 260. The third kappa shape index (κ3) is 2.26.